The van der Waals surface area contributed by atoms with E-state index in [0.717, 1.165) is 25.2 Å². The SMILES string of the molecule is O=C1NC(Nc2ccc(C(F)(F)F)cc2)NC12CCNCC2. The zero-order chi connectivity index (χ0) is 15.8. The number of hydrogen-bond donors (Lipinski definition) is 4. The average Bonchev–Trinajstić information content (AvgIpc) is 2.75. The van der Waals surface area contributed by atoms with Crippen LogP contribution in [0, 0.1) is 0 Å². The van der Waals surface area contributed by atoms with Crippen molar-refractivity contribution in [1.82, 2.24) is 16.0 Å². The largest absolute Gasteiger partial charge is 0.416 e. The van der Waals surface area contributed by atoms with Gasteiger partial charge in [0.05, 0.1) is 5.56 Å². The summed E-state index contributed by atoms with van der Waals surface area (Å²) >= 11 is 0. The van der Waals surface area contributed by atoms with Crippen LogP contribution in [0.15, 0.2) is 24.3 Å². The Kier molecular flexibility index (Phi) is 3.73. The van der Waals surface area contributed by atoms with Gasteiger partial charge in [0.1, 0.15) is 5.54 Å². The highest BCUT2D eigenvalue weighted by atomic mass is 19.4. The summed E-state index contributed by atoms with van der Waals surface area (Å²) in [6, 6.07) is 4.73. The number of carbonyl (C=O) groups is 1. The predicted molar refractivity (Wildman–Crippen MR) is 75.0 cm³/mol. The third-order valence-electron chi connectivity index (χ3n) is 4.11. The molecule has 0 bridgehead atoms. The molecule has 1 spiro atoms. The van der Waals surface area contributed by atoms with Crippen LogP contribution < -0.4 is 21.3 Å². The third-order valence-corrected chi connectivity index (χ3v) is 4.11. The number of carbonyl (C=O) groups excluding carboxylic acids is 1. The summed E-state index contributed by atoms with van der Waals surface area (Å²) in [5.41, 5.74) is -0.775. The number of nitrogens with one attached hydrogen (secondary N) is 4. The molecule has 0 radical (unpaired) electrons. The topological polar surface area (TPSA) is 65.2 Å². The van der Waals surface area contributed by atoms with Gasteiger partial charge in [-0.25, -0.2) is 0 Å². The van der Waals surface area contributed by atoms with E-state index in [1.165, 1.54) is 12.1 Å². The van der Waals surface area contributed by atoms with E-state index < -0.39 is 23.6 Å². The van der Waals surface area contributed by atoms with Crippen LogP contribution in [0.2, 0.25) is 0 Å². The van der Waals surface area contributed by atoms with Gasteiger partial charge in [-0.1, -0.05) is 0 Å². The van der Waals surface area contributed by atoms with Crippen molar-refractivity contribution in [2.75, 3.05) is 18.4 Å². The minimum absolute atomic E-state index is 0.0709. The lowest BCUT2D eigenvalue weighted by Crippen LogP contribution is -2.54. The molecular formula is C14H17F3N4O. The van der Waals surface area contributed by atoms with Gasteiger partial charge in [0.2, 0.25) is 5.91 Å². The molecular weight excluding hydrogens is 297 g/mol. The first kappa shape index (κ1) is 15.1. The van der Waals surface area contributed by atoms with Gasteiger partial charge in [-0.3, -0.25) is 10.1 Å². The highest BCUT2D eigenvalue weighted by molar-refractivity contribution is 5.89. The Morgan fingerprint density at radius 3 is 2.36 bits per heavy atom. The van der Waals surface area contributed by atoms with Gasteiger partial charge < -0.3 is 16.0 Å². The van der Waals surface area contributed by atoms with E-state index in [0.29, 0.717) is 18.5 Å². The fourth-order valence-electron chi connectivity index (χ4n) is 2.87. The Labute approximate surface area is 125 Å². The molecule has 1 atom stereocenters. The number of anilines is 1. The van der Waals surface area contributed by atoms with Gasteiger partial charge in [-0.05, 0) is 50.2 Å². The van der Waals surface area contributed by atoms with Crippen LogP contribution >= 0.6 is 0 Å². The maximum Gasteiger partial charge on any atom is 0.416 e. The van der Waals surface area contributed by atoms with Crippen LogP contribution in [-0.2, 0) is 11.0 Å². The van der Waals surface area contributed by atoms with E-state index in [-0.39, 0.29) is 5.91 Å². The molecule has 1 unspecified atom stereocenters. The first-order valence-electron chi connectivity index (χ1n) is 7.12. The van der Waals surface area contributed by atoms with Crippen LogP contribution in [0.1, 0.15) is 18.4 Å². The molecule has 1 aromatic carbocycles. The van der Waals surface area contributed by atoms with Crippen LogP contribution in [0.4, 0.5) is 18.9 Å². The zero-order valence-electron chi connectivity index (χ0n) is 11.8. The number of halogens is 3. The molecule has 1 amide bonds. The van der Waals surface area contributed by atoms with Crippen molar-refractivity contribution in [1.29, 1.82) is 0 Å². The third kappa shape index (κ3) is 2.89. The lowest BCUT2D eigenvalue weighted by molar-refractivity contribution is -0.137. The molecule has 4 N–H and O–H groups in total. The van der Waals surface area contributed by atoms with Crippen molar-refractivity contribution in [3.63, 3.8) is 0 Å². The van der Waals surface area contributed by atoms with Crippen LogP contribution in [-0.4, -0.2) is 30.8 Å². The van der Waals surface area contributed by atoms with Crippen molar-refractivity contribution in [2.24, 2.45) is 0 Å². The van der Waals surface area contributed by atoms with Gasteiger partial charge in [-0.15, -0.1) is 0 Å². The van der Waals surface area contributed by atoms with E-state index in [2.05, 4.69) is 21.3 Å². The first-order chi connectivity index (χ1) is 10.4. The summed E-state index contributed by atoms with van der Waals surface area (Å²) in [6.45, 7) is 1.51. The molecule has 0 aliphatic carbocycles. The molecule has 2 saturated heterocycles. The summed E-state index contributed by atoms with van der Waals surface area (Å²) in [5, 5.41) is 12.2. The molecule has 2 aliphatic rings. The van der Waals surface area contributed by atoms with Crippen LogP contribution in [0.5, 0.6) is 0 Å². The molecule has 1 aromatic rings. The van der Waals surface area contributed by atoms with Gasteiger partial charge >= 0.3 is 6.18 Å². The van der Waals surface area contributed by atoms with E-state index >= 15 is 0 Å². The average molecular weight is 314 g/mol. The van der Waals surface area contributed by atoms with Crippen LogP contribution in [0.3, 0.4) is 0 Å². The van der Waals surface area contributed by atoms with Crippen molar-refractivity contribution in [3.8, 4) is 0 Å². The van der Waals surface area contributed by atoms with Gasteiger partial charge in [0.15, 0.2) is 6.29 Å². The minimum Gasteiger partial charge on any atom is -0.353 e. The standard InChI is InChI=1S/C14H17F3N4O/c15-14(16,17)9-1-3-10(4-2-9)19-12-20-11(22)13(21-12)5-7-18-8-6-13/h1-4,12,18-19,21H,5-8H2,(H,20,22). The highest BCUT2D eigenvalue weighted by Crippen LogP contribution is 2.30. The number of amides is 1. The second kappa shape index (κ2) is 5.44. The molecule has 3 rings (SSSR count). The summed E-state index contributed by atoms with van der Waals surface area (Å²) in [5.74, 6) is -0.0709. The van der Waals surface area contributed by atoms with E-state index in [4.69, 9.17) is 0 Å². The van der Waals surface area contributed by atoms with Crippen molar-refractivity contribution >= 4 is 11.6 Å². The maximum atomic E-state index is 12.5. The van der Waals surface area contributed by atoms with E-state index in [9.17, 15) is 18.0 Å². The number of benzene rings is 1. The number of piperidine rings is 1. The number of hydrogen-bond acceptors (Lipinski definition) is 4. The molecule has 120 valence electrons. The Bertz CT molecular complexity index is 552. The molecule has 2 heterocycles. The van der Waals surface area contributed by atoms with Gasteiger partial charge in [0, 0.05) is 5.69 Å². The molecule has 5 nitrogen and oxygen atoms in total. The fraction of sp³-hybridized carbons (Fsp3) is 0.500. The van der Waals surface area contributed by atoms with E-state index in [1.54, 1.807) is 0 Å². The Morgan fingerprint density at radius 1 is 1.14 bits per heavy atom. The summed E-state index contributed by atoms with van der Waals surface area (Å²) in [4.78, 5) is 12.1. The Hall–Kier alpha value is -1.80. The lowest BCUT2D eigenvalue weighted by atomic mass is 9.89. The normalized spacial score (nSPS) is 24.3. The number of rotatable bonds is 2. The van der Waals surface area contributed by atoms with Gasteiger partial charge in [0.25, 0.3) is 0 Å². The monoisotopic (exact) mass is 314 g/mol. The second-order valence-electron chi connectivity index (χ2n) is 5.60. The van der Waals surface area contributed by atoms with Gasteiger partial charge in [-0.2, -0.15) is 13.2 Å². The zero-order valence-corrected chi connectivity index (χ0v) is 11.8. The highest BCUT2D eigenvalue weighted by Gasteiger charge is 2.46. The maximum absolute atomic E-state index is 12.5. The molecule has 0 saturated carbocycles. The lowest BCUT2D eigenvalue weighted by Gasteiger charge is -2.31. The molecule has 22 heavy (non-hydrogen) atoms. The predicted octanol–water partition coefficient (Wildman–Crippen LogP) is 1.24. The molecule has 2 aliphatic heterocycles. The molecule has 2 fully saturated rings. The second-order valence-corrected chi connectivity index (χ2v) is 5.60. The fourth-order valence-corrected chi connectivity index (χ4v) is 2.87. The van der Waals surface area contributed by atoms with Crippen molar-refractivity contribution < 1.29 is 18.0 Å². The Balaban J connectivity index is 1.66. The van der Waals surface area contributed by atoms with E-state index in [1.807, 2.05) is 0 Å². The quantitative estimate of drug-likeness (QED) is 0.663. The molecule has 8 heteroatoms. The van der Waals surface area contributed by atoms with Crippen molar-refractivity contribution in [2.45, 2.75) is 30.8 Å². The molecule has 0 aromatic heterocycles. The number of alkyl halides is 3. The summed E-state index contributed by atoms with van der Waals surface area (Å²) in [7, 11) is 0. The first-order valence-corrected chi connectivity index (χ1v) is 7.12. The Morgan fingerprint density at radius 2 is 1.77 bits per heavy atom. The smallest absolute Gasteiger partial charge is 0.353 e. The summed E-state index contributed by atoms with van der Waals surface area (Å²) < 4.78 is 37.6. The van der Waals surface area contributed by atoms with Crippen molar-refractivity contribution in [3.05, 3.63) is 29.8 Å². The minimum atomic E-state index is -4.35. The summed E-state index contributed by atoms with van der Waals surface area (Å²) in [6.07, 6.45) is -3.46. The van der Waals surface area contributed by atoms with Crippen LogP contribution in [0.25, 0.3) is 0 Å².